The Labute approximate surface area is 86.7 Å². The average Bonchev–Trinajstić information content (AvgIpc) is 2.18. The van der Waals surface area contributed by atoms with Gasteiger partial charge in [0.1, 0.15) is 0 Å². The SMILES string of the molecule is CN(c1ccccc1)C(C)(C)CCN. The smallest absolute Gasteiger partial charge is 0.0368 e. The highest BCUT2D eigenvalue weighted by Gasteiger charge is 2.22. The van der Waals surface area contributed by atoms with Crippen molar-refractivity contribution >= 4 is 5.69 Å². The maximum absolute atomic E-state index is 5.60. The Hall–Kier alpha value is -1.02. The molecule has 0 saturated heterocycles. The Morgan fingerprint density at radius 3 is 2.29 bits per heavy atom. The summed E-state index contributed by atoms with van der Waals surface area (Å²) in [6.07, 6.45) is 0.998. The largest absolute Gasteiger partial charge is 0.369 e. The van der Waals surface area contributed by atoms with Crippen LogP contribution in [-0.4, -0.2) is 19.1 Å². The van der Waals surface area contributed by atoms with Gasteiger partial charge in [-0.1, -0.05) is 18.2 Å². The number of benzene rings is 1. The summed E-state index contributed by atoms with van der Waals surface area (Å²) >= 11 is 0. The molecule has 0 heterocycles. The van der Waals surface area contributed by atoms with E-state index in [-0.39, 0.29) is 5.54 Å². The molecule has 2 N–H and O–H groups in total. The quantitative estimate of drug-likeness (QED) is 0.792. The zero-order valence-corrected chi connectivity index (χ0v) is 9.33. The van der Waals surface area contributed by atoms with E-state index in [9.17, 15) is 0 Å². The van der Waals surface area contributed by atoms with Crippen molar-refractivity contribution < 1.29 is 0 Å². The minimum atomic E-state index is 0.121. The molecule has 1 aromatic carbocycles. The number of nitrogens with two attached hydrogens (primary N) is 1. The Morgan fingerprint density at radius 2 is 1.79 bits per heavy atom. The second-order valence-corrected chi connectivity index (χ2v) is 4.25. The van der Waals surface area contributed by atoms with Gasteiger partial charge < -0.3 is 10.6 Å². The summed E-state index contributed by atoms with van der Waals surface area (Å²) in [4.78, 5) is 2.28. The van der Waals surface area contributed by atoms with E-state index in [2.05, 4.69) is 50.1 Å². The fourth-order valence-electron chi connectivity index (χ4n) is 1.52. The number of hydrogen-bond acceptors (Lipinski definition) is 2. The van der Waals surface area contributed by atoms with Gasteiger partial charge in [0.2, 0.25) is 0 Å². The predicted molar refractivity (Wildman–Crippen MR) is 62.6 cm³/mol. The number of hydrogen-bond donors (Lipinski definition) is 1. The molecule has 0 amide bonds. The monoisotopic (exact) mass is 192 g/mol. The van der Waals surface area contributed by atoms with Gasteiger partial charge in [-0.15, -0.1) is 0 Å². The number of rotatable bonds is 4. The molecule has 1 rings (SSSR count). The molecule has 2 heteroatoms. The number of nitrogens with zero attached hydrogens (tertiary/aromatic N) is 1. The molecule has 2 nitrogen and oxygen atoms in total. The molecule has 0 aliphatic rings. The van der Waals surface area contributed by atoms with E-state index >= 15 is 0 Å². The minimum Gasteiger partial charge on any atom is -0.369 e. The highest BCUT2D eigenvalue weighted by atomic mass is 15.2. The van der Waals surface area contributed by atoms with E-state index in [4.69, 9.17) is 5.73 Å². The first-order valence-corrected chi connectivity index (χ1v) is 5.07. The van der Waals surface area contributed by atoms with Gasteiger partial charge in [0, 0.05) is 18.3 Å². The summed E-state index contributed by atoms with van der Waals surface area (Å²) in [5, 5.41) is 0. The average molecular weight is 192 g/mol. The third-order valence-corrected chi connectivity index (χ3v) is 2.81. The van der Waals surface area contributed by atoms with Gasteiger partial charge in [0.05, 0.1) is 0 Å². The molecule has 0 bridgehead atoms. The zero-order chi connectivity index (χ0) is 10.6. The van der Waals surface area contributed by atoms with Gasteiger partial charge in [0.25, 0.3) is 0 Å². The van der Waals surface area contributed by atoms with Crippen molar-refractivity contribution in [3.05, 3.63) is 30.3 Å². The van der Waals surface area contributed by atoms with Crippen molar-refractivity contribution in [2.24, 2.45) is 5.73 Å². The van der Waals surface area contributed by atoms with Crippen molar-refractivity contribution in [3.63, 3.8) is 0 Å². The highest BCUT2D eigenvalue weighted by Crippen LogP contribution is 2.23. The van der Waals surface area contributed by atoms with Crippen molar-refractivity contribution in [3.8, 4) is 0 Å². The van der Waals surface area contributed by atoms with E-state index in [0.717, 1.165) is 13.0 Å². The molecule has 0 aliphatic carbocycles. The molecule has 14 heavy (non-hydrogen) atoms. The maximum Gasteiger partial charge on any atom is 0.0368 e. The van der Waals surface area contributed by atoms with E-state index in [0.29, 0.717) is 0 Å². The van der Waals surface area contributed by atoms with Crippen LogP contribution in [-0.2, 0) is 0 Å². The minimum absolute atomic E-state index is 0.121. The lowest BCUT2D eigenvalue weighted by molar-refractivity contribution is 0.456. The fraction of sp³-hybridized carbons (Fsp3) is 0.500. The van der Waals surface area contributed by atoms with Crippen LogP contribution in [0.5, 0.6) is 0 Å². The summed E-state index contributed by atoms with van der Waals surface area (Å²) in [6.45, 7) is 5.16. The van der Waals surface area contributed by atoms with Crippen LogP contribution in [0, 0.1) is 0 Å². The molecule has 0 spiro atoms. The molecular weight excluding hydrogens is 172 g/mol. The molecule has 0 atom stereocenters. The van der Waals surface area contributed by atoms with Crippen molar-refractivity contribution in [1.82, 2.24) is 0 Å². The first-order valence-electron chi connectivity index (χ1n) is 5.07. The molecule has 0 fully saturated rings. The molecule has 0 saturated carbocycles. The van der Waals surface area contributed by atoms with Crippen molar-refractivity contribution in [1.29, 1.82) is 0 Å². The molecule has 78 valence electrons. The van der Waals surface area contributed by atoms with Gasteiger partial charge >= 0.3 is 0 Å². The summed E-state index contributed by atoms with van der Waals surface area (Å²) < 4.78 is 0. The van der Waals surface area contributed by atoms with Crippen LogP contribution >= 0.6 is 0 Å². The van der Waals surface area contributed by atoms with E-state index < -0.39 is 0 Å². The Balaban J connectivity index is 2.79. The first-order chi connectivity index (χ1) is 6.58. The molecule has 0 radical (unpaired) electrons. The lowest BCUT2D eigenvalue weighted by Gasteiger charge is -2.37. The van der Waals surface area contributed by atoms with Gasteiger partial charge in [0.15, 0.2) is 0 Å². The van der Waals surface area contributed by atoms with Gasteiger partial charge in [-0.25, -0.2) is 0 Å². The third-order valence-electron chi connectivity index (χ3n) is 2.81. The molecule has 0 aromatic heterocycles. The van der Waals surface area contributed by atoms with Crippen LogP contribution in [0.4, 0.5) is 5.69 Å². The fourth-order valence-corrected chi connectivity index (χ4v) is 1.52. The lowest BCUT2D eigenvalue weighted by atomic mass is 9.98. The second-order valence-electron chi connectivity index (χ2n) is 4.25. The highest BCUT2D eigenvalue weighted by molar-refractivity contribution is 5.47. The van der Waals surface area contributed by atoms with Crippen LogP contribution < -0.4 is 10.6 Å². The van der Waals surface area contributed by atoms with Crippen LogP contribution in [0.3, 0.4) is 0 Å². The van der Waals surface area contributed by atoms with E-state index in [1.165, 1.54) is 5.69 Å². The predicted octanol–water partition coefficient (Wildman–Crippen LogP) is 2.25. The van der Waals surface area contributed by atoms with Crippen LogP contribution in [0.2, 0.25) is 0 Å². The van der Waals surface area contributed by atoms with Crippen LogP contribution in [0.15, 0.2) is 30.3 Å². The first kappa shape index (κ1) is 11.1. The standard InChI is InChI=1S/C12H20N2/c1-12(2,9-10-13)14(3)11-7-5-4-6-8-11/h4-8H,9-10,13H2,1-3H3. The maximum atomic E-state index is 5.60. The zero-order valence-electron chi connectivity index (χ0n) is 9.33. The number of anilines is 1. The van der Waals surface area contributed by atoms with Gasteiger partial charge in [-0.3, -0.25) is 0 Å². The second kappa shape index (κ2) is 4.47. The number of para-hydroxylation sites is 1. The summed E-state index contributed by atoms with van der Waals surface area (Å²) in [5.41, 5.74) is 6.97. The van der Waals surface area contributed by atoms with Crippen LogP contribution in [0.25, 0.3) is 0 Å². The molecular formula is C12H20N2. The Kier molecular flexibility index (Phi) is 3.53. The third kappa shape index (κ3) is 2.48. The van der Waals surface area contributed by atoms with Gasteiger partial charge in [-0.05, 0) is 38.9 Å². The van der Waals surface area contributed by atoms with Crippen LogP contribution in [0.1, 0.15) is 20.3 Å². The van der Waals surface area contributed by atoms with E-state index in [1.807, 2.05) is 6.07 Å². The van der Waals surface area contributed by atoms with E-state index in [1.54, 1.807) is 0 Å². The summed E-state index contributed by atoms with van der Waals surface area (Å²) in [6, 6.07) is 10.4. The Morgan fingerprint density at radius 1 is 1.21 bits per heavy atom. The molecule has 0 unspecified atom stereocenters. The summed E-state index contributed by atoms with van der Waals surface area (Å²) in [5.74, 6) is 0. The van der Waals surface area contributed by atoms with Gasteiger partial charge in [-0.2, -0.15) is 0 Å². The molecule has 0 aliphatic heterocycles. The van der Waals surface area contributed by atoms with Crippen molar-refractivity contribution in [2.45, 2.75) is 25.8 Å². The topological polar surface area (TPSA) is 29.3 Å². The Bertz CT molecular complexity index is 267. The lowest BCUT2D eigenvalue weighted by Crippen LogP contribution is -2.42. The summed E-state index contributed by atoms with van der Waals surface area (Å²) in [7, 11) is 2.12. The molecule has 1 aromatic rings. The van der Waals surface area contributed by atoms with Crippen molar-refractivity contribution in [2.75, 3.05) is 18.5 Å². The normalized spacial score (nSPS) is 11.4.